The second-order valence-corrected chi connectivity index (χ2v) is 4.34. The summed E-state index contributed by atoms with van der Waals surface area (Å²) < 4.78 is 5.42. The van der Waals surface area contributed by atoms with Crippen molar-refractivity contribution >= 4 is 11.6 Å². The van der Waals surface area contributed by atoms with Crippen LogP contribution in [0.4, 0.5) is 11.6 Å². The Morgan fingerprint density at radius 3 is 2.94 bits per heavy atom. The lowest BCUT2D eigenvalue weighted by Crippen LogP contribution is -2.22. The van der Waals surface area contributed by atoms with E-state index in [0.717, 1.165) is 36.4 Å². The third-order valence-electron chi connectivity index (χ3n) is 3.39. The maximum atomic E-state index is 5.42. The van der Waals surface area contributed by atoms with Crippen LogP contribution in [0.15, 0.2) is 6.33 Å². The molecule has 1 saturated heterocycles. The van der Waals surface area contributed by atoms with E-state index in [0.29, 0.717) is 0 Å². The Labute approximate surface area is 102 Å². The van der Waals surface area contributed by atoms with Crippen LogP contribution in [0.3, 0.4) is 0 Å². The minimum Gasteiger partial charge on any atom is -0.490 e. The molecule has 1 N–H and O–H groups in total. The van der Waals surface area contributed by atoms with E-state index in [1.807, 2.05) is 7.05 Å². The Morgan fingerprint density at radius 2 is 2.35 bits per heavy atom. The van der Waals surface area contributed by atoms with E-state index >= 15 is 0 Å². The van der Waals surface area contributed by atoms with Crippen molar-refractivity contribution in [2.45, 2.75) is 19.8 Å². The van der Waals surface area contributed by atoms with Gasteiger partial charge >= 0.3 is 0 Å². The first-order valence-electron chi connectivity index (χ1n) is 6.11. The van der Waals surface area contributed by atoms with Gasteiger partial charge in [0.1, 0.15) is 6.33 Å². The van der Waals surface area contributed by atoms with Gasteiger partial charge < -0.3 is 15.0 Å². The molecule has 1 aromatic heterocycles. The maximum absolute atomic E-state index is 5.42. The Balaban J connectivity index is 2.26. The van der Waals surface area contributed by atoms with E-state index < -0.39 is 0 Å². The highest BCUT2D eigenvalue weighted by molar-refractivity contribution is 5.64. The highest BCUT2D eigenvalue weighted by atomic mass is 16.5. The molecule has 0 aromatic carbocycles. The van der Waals surface area contributed by atoms with Gasteiger partial charge in [-0.05, 0) is 12.3 Å². The molecule has 1 aliphatic heterocycles. The summed E-state index contributed by atoms with van der Waals surface area (Å²) in [6.45, 7) is 4.35. The molecule has 1 fully saturated rings. The smallest absolute Gasteiger partial charge is 0.204 e. The van der Waals surface area contributed by atoms with Crippen molar-refractivity contribution in [3.05, 3.63) is 6.33 Å². The van der Waals surface area contributed by atoms with Crippen LogP contribution in [0.25, 0.3) is 0 Å². The zero-order chi connectivity index (χ0) is 12.3. The molecule has 0 saturated carbocycles. The van der Waals surface area contributed by atoms with Crippen LogP contribution in [0, 0.1) is 5.92 Å². The van der Waals surface area contributed by atoms with E-state index in [1.54, 1.807) is 13.4 Å². The highest BCUT2D eigenvalue weighted by Gasteiger charge is 2.25. The standard InChI is InChI=1S/C12H20N4O/c1-4-9-5-6-16(7-9)12-10(17-3)11(13-2)14-8-15-12/h8-9H,4-7H2,1-3H3,(H,13,14,15). The molecule has 1 unspecified atom stereocenters. The maximum Gasteiger partial charge on any atom is 0.204 e. The molecule has 1 aliphatic rings. The molecule has 5 nitrogen and oxygen atoms in total. The van der Waals surface area contributed by atoms with Crippen LogP contribution >= 0.6 is 0 Å². The minimum atomic E-state index is 0.742. The fraction of sp³-hybridized carbons (Fsp3) is 0.667. The van der Waals surface area contributed by atoms with Crippen LogP contribution in [0.1, 0.15) is 19.8 Å². The first-order valence-corrected chi connectivity index (χ1v) is 6.11. The molecule has 0 amide bonds. The van der Waals surface area contributed by atoms with E-state index in [9.17, 15) is 0 Å². The summed E-state index contributed by atoms with van der Waals surface area (Å²) in [4.78, 5) is 10.8. The van der Waals surface area contributed by atoms with Crippen molar-refractivity contribution in [3.8, 4) is 5.75 Å². The number of rotatable bonds is 4. The van der Waals surface area contributed by atoms with E-state index in [1.165, 1.54) is 12.8 Å². The normalized spacial score (nSPS) is 19.5. The average molecular weight is 236 g/mol. The quantitative estimate of drug-likeness (QED) is 0.863. The Morgan fingerprint density at radius 1 is 1.53 bits per heavy atom. The van der Waals surface area contributed by atoms with Gasteiger partial charge in [0.2, 0.25) is 5.75 Å². The topological polar surface area (TPSA) is 50.3 Å². The Hall–Kier alpha value is -1.52. The van der Waals surface area contributed by atoms with Gasteiger partial charge in [0, 0.05) is 20.1 Å². The Kier molecular flexibility index (Phi) is 3.66. The van der Waals surface area contributed by atoms with E-state index in [2.05, 4.69) is 27.1 Å². The average Bonchev–Trinajstić information content (AvgIpc) is 2.86. The van der Waals surface area contributed by atoms with Gasteiger partial charge in [-0.25, -0.2) is 9.97 Å². The summed E-state index contributed by atoms with van der Waals surface area (Å²) in [6.07, 6.45) is 4.05. The fourth-order valence-corrected chi connectivity index (χ4v) is 2.31. The van der Waals surface area contributed by atoms with Crippen molar-refractivity contribution in [2.24, 2.45) is 5.92 Å². The van der Waals surface area contributed by atoms with Crippen molar-refractivity contribution in [3.63, 3.8) is 0 Å². The molecule has 2 rings (SSSR count). The molecule has 0 radical (unpaired) electrons. The number of methoxy groups -OCH3 is 1. The van der Waals surface area contributed by atoms with Crippen molar-refractivity contribution in [2.75, 3.05) is 37.5 Å². The SMILES string of the molecule is CCC1CCN(c2ncnc(NC)c2OC)C1. The van der Waals surface area contributed by atoms with Crippen LogP contribution < -0.4 is 15.0 Å². The number of aromatic nitrogens is 2. The summed E-state index contributed by atoms with van der Waals surface area (Å²) in [6, 6.07) is 0. The van der Waals surface area contributed by atoms with Crippen LogP contribution in [-0.4, -0.2) is 37.2 Å². The highest BCUT2D eigenvalue weighted by Crippen LogP contribution is 2.34. The lowest BCUT2D eigenvalue weighted by atomic mass is 10.1. The van der Waals surface area contributed by atoms with Crippen LogP contribution in [0.2, 0.25) is 0 Å². The fourth-order valence-electron chi connectivity index (χ4n) is 2.31. The zero-order valence-corrected chi connectivity index (χ0v) is 10.7. The number of hydrogen-bond acceptors (Lipinski definition) is 5. The second kappa shape index (κ2) is 5.21. The van der Waals surface area contributed by atoms with Gasteiger partial charge in [0.15, 0.2) is 11.6 Å². The van der Waals surface area contributed by atoms with Gasteiger partial charge in [-0.2, -0.15) is 0 Å². The summed E-state index contributed by atoms with van der Waals surface area (Å²) >= 11 is 0. The monoisotopic (exact) mass is 236 g/mol. The lowest BCUT2D eigenvalue weighted by Gasteiger charge is -2.20. The molecule has 2 heterocycles. The summed E-state index contributed by atoms with van der Waals surface area (Å²) in [7, 11) is 3.50. The minimum absolute atomic E-state index is 0.742. The molecule has 17 heavy (non-hydrogen) atoms. The molecule has 0 aliphatic carbocycles. The van der Waals surface area contributed by atoms with Crippen molar-refractivity contribution < 1.29 is 4.74 Å². The molecule has 1 atom stereocenters. The summed E-state index contributed by atoms with van der Waals surface area (Å²) in [5, 5.41) is 3.03. The molecule has 5 heteroatoms. The van der Waals surface area contributed by atoms with Crippen molar-refractivity contribution in [1.29, 1.82) is 0 Å². The van der Waals surface area contributed by atoms with Gasteiger partial charge in [-0.15, -0.1) is 0 Å². The number of nitrogens with zero attached hydrogens (tertiary/aromatic N) is 3. The van der Waals surface area contributed by atoms with Crippen LogP contribution in [0.5, 0.6) is 5.75 Å². The van der Waals surface area contributed by atoms with Gasteiger partial charge in [-0.3, -0.25) is 0 Å². The molecule has 0 spiro atoms. The first-order chi connectivity index (χ1) is 8.30. The van der Waals surface area contributed by atoms with Gasteiger partial charge in [0.25, 0.3) is 0 Å². The third-order valence-corrected chi connectivity index (χ3v) is 3.39. The van der Waals surface area contributed by atoms with E-state index in [-0.39, 0.29) is 0 Å². The number of ether oxygens (including phenoxy) is 1. The van der Waals surface area contributed by atoms with Crippen LogP contribution in [-0.2, 0) is 0 Å². The number of nitrogens with one attached hydrogen (secondary N) is 1. The van der Waals surface area contributed by atoms with Gasteiger partial charge in [0.05, 0.1) is 7.11 Å². The zero-order valence-electron chi connectivity index (χ0n) is 10.7. The molecule has 94 valence electrons. The largest absolute Gasteiger partial charge is 0.490 e. The second-order valence-electron chi connectivity index (χ2n) is 4.34. The molecular formula is C12H20N4O. The molecular weight excluding hydrogens is 216 g/mol. The lowest BCUT2D eigenvalue weighted by molar-refractivity contribution is 0.413. The third kappa shape index (κ3) is 2.28. The van der Waals surface area contributed by atoms with Gasteiger partial charge in [-0.1, -0.05) is 13.3 Å². The Bertz CT molecular complexity index is 383. The first kappa shape index (κ1) is 12.0. The van der Waals surface area contributed by atoms with E-state index in [4.69, 9.17) is 4.74 Å². The summed E-state index contributed by atoms with van der Waals surface area (Å²) in [5.41, 5.74) is 0. The predicted octanol–water partition coefficient (Wildman–Crippen LogP) is 1.76. The summed E-state index contributed by atoms with van der Waals surface area (Å²) in [5.74, 6) is 3.17. The number of hydrogen-bond donors (Lipinski definition) is 1. The van der Waals surface area contributed by atoms with Crippen molar-refractivity contribution in [1.82, 2.24) is 9.97 Å². The number of anilines is 2. The molecule has 1 aromatic rings. The molecule has 0 bridgehead atoms. The predicted molar refractivity (Wildman–Crippen MR) is 68.7 cm³/mol.